The van der Waals surface area contributed by atoms with E-state index in [1.165, 1.54) is 0 Å². The van der Waals surface area contributed by atoms with E-state index in [2.05, 4.69) is 11.8 Å². The van der Waals surface area contributed by atoms with Crippen molar-refractivity contribution in [1.82, 2.24) is 4.90 Å². The molecule has 0 spiro atoms. The molecule has 1 saturated heterocycles. The van der Waals surface area contributed by atoms with Crippen molar-refractivity contribution >= 4 is 23.1 Å². The molecule has 0 aromatic rings. The number of nitrogens with zero attached hydrogens (tertiary/aromatic N) is 1. The molecule has 4 N–H and O–H groups in total. The van der Waals surface area contributed by atoms with Gasteiger partial charge in [-0.3, -0.25) is 4.79 Å². The minimum absolute atomic E-state index is 0.00143. The maximum atomic E-state index is 10.6. The zero-order valence-electron chi connectivity index (χ0n) is 9.16. The summed E-state index contributed by atoms with van der Waals surface area (Å²) in [6, 6.07) is 0. The van der Waals surface area contributed by atoms with Crippen molar-refractivity contribution in [3.05, 3.63) is 0 Å². The summed E-state index contributed by atoms with van der Waals surface area (Å²) < 4.78 is 0. The first-order chi connectivity index (χ1) is 6.94. The SMILES string of the molecule is CC1(C(N)=S)CCN(CCC(N)=O)CC1. The van der Waals surface area contributed by atoms with Crippen LogP contribution in [0, 0.1) is 5.41 Å². The van der Waals surface area contributed by atoms with Crippen molar-refractivity contribution in [2.45, 2.75) is 26.2 Å². The molecule has 0 aliphatic carbocycles. The molecule has 1 amide bonds. The highest BCUT2D eigenvalue weighted by atomic mass is 32.1. The number of nitrogens with two attached hydrogens (primary N) is 2. The lowest BCUT2D eigenvalue weighted by molar-refractivity contribution is -0.118. The maximum absolute atomic E-state index is 10.6. The lowest BCUT2D eigenvalue weighted by Gasteiger charge is -2.38. The van der Waals surface area contributed by atoms with Crippen LogP contribution in [0.2, 0.25) is 0 Å². The Morgan fingerprint density at radius 2 is 1.93 bits per heavy atom. The van der Waals surface area contributed by atoms with Gasteiger partial charge >= 0.3 is 0 Å². The Balaban J connectivity index is 2.35. The summed E-state index contributed by atoms with van der Waals surface area (Å²) in [4.78, 5) is 13.5. The summed E-state index contributed by atoms with van der Waals surface area (Å²) in [5.74, 6) is -0.238. The Bertz CT molecular complexity index is 259. The first-order valence-corrected chi connectivity index (χ1v) is 5.65. The molecule has 0 aromatic heterocycles. The molecule has 0 radical (unpaired) electrons. The van der Waals surface area contributed by atoms with E-state index in [0.717, 1.165) is 32.5 Å². The largest absolute Gasteiger partial charge is 0.393 e. The molecule has 0 saturated carbocycles. The van der Waals surface area contributed by atoms with E-state index in [1.54, 1.807) is 0 Å². The molecule has 15 heavy (non-hydrogen) atoms. The third-order valence-electron chi connectivity index (χ3n) is 3.23. The van der Waals surface area contributed by atoms with Gasteiger partial charge in [0.1, 0.15) is 0 Å². The summed E-state index contributed by atoms with van der Waals surface area (Å²) in [6.45, 7) is 4.76. The molecule has 0 bridgehead atoms. The number of piperidine rings is 1. The Morgan fingerprint density at radius 1 is 1.40 bits per heavy atom. The normalized spacial score (nSPS) is 21.1. The van der Waals surface area contributed by atoms with E-state index < -0.39 is 0 Å². The number of thiocarbonyl (C=S) groups is 1. The fourth-order valence-corrected chi connectivity index (χ4v) is 1.99. The van der Waals surface area contributed by atoms with Crippen LogP contribution in [-0.2, 0) is 4.79 Å². The molecule has 1 rings (SSSR count). The number of carbonyl (C=O) groups excluding carboxylic acids is 1. The summed E-state index contributed by atoms with van der Waals surface area (Å²) >= 11 is 5.06. The molecule has 1 heterocycles. The molecular formula is C10H19N3OS. The van der Waals surface area contributed by atoms with Gasteiger partial charge in [-0.1, -0.05) is 19.1 Å². The predicted octanol–water partition coefficient (Wildman–Crippen LogP) is 0.250. The van der Waals surface area contributed by atoms with Crippen LogP contribution in [0.25, 0.3) is 0 Å². The monoisotopic (exact) mass is 229 g/mol. The summed E-state index contributed by atoms with van der Waals surface area (Å²) in [5.41, 5.74) is 10.8. The van der Waals surface area contributed by atoms with E-state index in [1.807, 2.05) is 0 Å². The van der Waals surface area contributed by atoms with Crippen molar-refractivity contribution in [2.75, 3.05) is 19.6 Å². The Kier molecular flexibility index (Phi) is 4.04. The smallest absolute Gasteiger partial charge is 0.218 e. The molecule has 4 nitrogen and oxygen atoms in total. The lowest BCUT2D eigenvalue weighted by atomic mass is 9.80. The zero-order valence-corrected chi connectivity index (χ0v) is 9.98. The second kappa shape index (κ2) is 4.90. The van der Waals surface area contributed by atoms with Gasteiger partial charge in [-0.15, -0.1) is 0 Å². The average molecular weight is 229 g/mol. The van der Waals surface area contributed by atoms with Crippen LogP contribution in [0.15, 0.2) is 0 Å². The van der Waals surface area contributed by atoms with Crippen molar-refractivity contribution in [1.29, 1.82) is 0 Å². The standard InChI is InChI=1S/C10H19N3OS/c1-10(9(12)15)3-6-13(7-4-10)5-2-8(11)14/h2-7H2,1H3,(H2,11,14)(H2,12,15). The van der Waals surface area contributed by atoms with Crippen molar-refractivity contribution in [3.63, 3.8) is 0 Å². The summed E-state index contributed by atoms with van der Waals surface area (Å²) in [5, 5.41) is 0. The van der Waals surface area contributed by atoms with Gasteiger partial charge in [-0.2, -0.15) is 0 Å². The molecule has 0 atom stereocenters. The predicted molar refractivity (Wildman–Crippen MR) is 64.4 cm³/mol. The number of carbonyl (C=O) groups is 1. The van der Waals surface area contributed by atoms with Crippen molar-refractivity contribution in [2.24, 2.45) is 16.9 Å². The highest BCUT2D eigenvalue weighted by molar-refractivity contribution is 7.80. The molecule has 1 aliphatic heterocycles. The van der Waals surface area contributed by atoms with E-state index in [4.69, 9.17) is 23.7 Å². The summed E-state index contributed by atoms with van der Waals surface area (Å²) in [6.07, 6.45) is 2.38. The zero-order chi connectivity index (χ0) is 11.5. The van der Waals surface area contributed by atoms with Crippen LogP contribution in [0.5, 0.6) is 0 Å². The number of hydrogen-bond donors (Lipinski definition) is 2. The fraction of sp³-hybridized carbons (Fsp3) is 0.800. The van der Waals surface area contributed by atoms with Crippen LogP contribution in [0.1, 0.15) is 26.2 Å². The maximum Gasteiger partial charge on any atom is 0.218 e. The van der Waals surface area contributed by atoms with Gasteiger partial charge < -0.3 is 16.4 Å². The molecule has 1 fully saturated rings. The van der Waals surface area contributed by atoms with Gasteiger partial charge in [-0.25, -0.2) is 0 Å². The molecule has 0 unspecified atom stereocenters. The van der Waals surface area contributed by atoms with Gasteiger partial charge in [0.25, 0.3) is 0 Å². The first kappa shape index (κ1) is 12.4. The number of rotatable bonds is 4. The average Bonchev–Trinajstić information content (AvgIpc) is 2.16. The number of likely N-dealkylation sites (tertiary alicyclic amines) is 1. The highest BCUT2D eigenvalue weighted by Gasteiger charge is 2.32. The quantitative estimate of drug-likeness (QED) is 0.678. The lowest BCUT2D eigenvalue weighted by Crippen LogP contribution is -2.45. The van der Waals surface area contributed by atoms with Crippen LogP contribution in [0.4, 0.5) is 0 Å². The second-order valence-electron chi connectivity index (χ2n) is 4.48. The van der Waals surface area contributed by atoms with Crippen LogP contribution >= 0.6 is 12.2 Å². The topological polar surface area (TPSA) is 72.3 Å². The Morgan fingerprint density at radius 3 is 2.33 bits per heavy atom. The van der Waals surface area contributed by atoms with Crippen LogP contribution in [0.3, 0.4) is 0 Å². The van der Waals surface area contributed by atoms with E-state index in [0.29, 0.717) is 11.4 Å². The van der Waals surface area contributed by atoms with Crippen LogP contribution < -0.4 is 11.5 Å². The van der Waals surface area contributed by atoms with Gasteiger partial charge in [0.2, 0.25) is 5.91 Å². The fourth-order valence-electron chi connectivity index (χ4n) is 1.78. The van der Waals surface area contributed by atoms with E-state index in [-0.39, 0.29) is 11.3 Å². The first-order valence-electron chi connectivity index (χ1n) is 5.24. The van der Waals surface area contributed by atoms with Crippen LogP contribution in [-0.4, -0.2) is 35.4 Å². The Labute approximate surface area is 96.0 Å². The van der Waals surface area contributed by atoms with Crippen molar-refractivity contribution in [3.8, 4) is 0 Å². The molecule has 0 aromatic carbocycles. The minimum Gasteiger partial charge on any atom is -0.393 e. The number of amides is 1. The van der Waals surface area contributed by atoms with E-state index in [9.17, 15) is 4.79 Å². The van der Waals surface area contributed by atoms with Gasteiger partial charge in [0, 0.05) is 18.4 Å². The third-order valence-corrected chi connectivity index (χ3v) is 3.72. The van der Waals surface area contributed by atoms with E-state index >= 15 is 0 Å². The highest BCUT2D eigenvalue weighted by Crippen LogP contribution is 2.30. The van der Waals surface area contributed by atoms with Crippen molar-refractivity contribution < 1.29 is 4.79 Å². The van der Waals surface area contributed by atoms with Gasteiger partial charge in [0.05, 0.1) is 4.99 Å². The Hall–Kier alpha value is -0.680. The number of primary amides is 1. The summed E-state index contributed by atoms with van der Waals surface area (Å²) in [7, 11) is 0. The number of hydrogen-bond acceptors (Lipinski definition) is 3. The molecular weight excluding hydrogens is 210 g/mol. The third kappa shape index (κ3) is 3.43. The second-order valence-corrected chi connectivity index (χ2v) is 4.92. The van der Waals surface area contributed by atoms with Gasteiger partial charge in [-0.05, 0) is 25.9 Å². The molecule has 86 valence electrons. The molecule has 5 heteroatoms. The minimum atomic E-state index is -0.238. The van der Waals surface area contributed by atoms with Gasteiger partial charge in [0.15, 0.2) is 0 Å². The molecule has 1 aliphatic rings.